The molecule has 0 amide bonds. The molecule has 4 heteroatoms. The van der Waals surface area contributed by atoms with E-state index < -0.39 is 0 Å². The maximum Gasteiger partial charge on any atom is 0.0637 e. The predicted octanol–water partition coefficient (Wildman–Crippen LogP) is 3.88. The van der Waals surface area contributed by atoms with Crippen LogP contribution in [0.25, 0.3) is 0 Å². The molecule has 0 aromatic heterocycles. The van der Waals surface area contributed by atoms with Gasteiger partial charge in [0, 0.05) is 25.1 Å². The minimum atomic E-state index is -0.0367. The lowest BCUT2D eigenvalue weighted by molar-refractivity contribution is 0.113. The van der Waals surface area contributed by atoms with E-state index in [9.17, 15) is 5.11 Å². The second-order valence-corrected chi connectivity index (χ2v) is 5.47. The van der Waals surface area contributed by atoms with Crippen LogP contribution in [-0.2, 0) is 6.54 Å². The molecular formula is C14H21Cl2NO. The van der Waals surface area contributed by atoms with Gasteiger partial charge in [0.1, 0.15) is 0 Å². The first-order chi connectivity index (χ1) is 8.58. The van der Waals surface area contributed by atoms with E-state index in [-0.39, 0.29) is 12.0 Å². The van der Waals surface area contributed by atoms with Gasteiger partial charge in [0.2, 0.25) is 0 Å². The summed E-state index contributed by atoms with van der Waals surface area (Å²) in [6, 6.07) is 5.63. The Bertz CT molecular complexity index is 370. The molecule has 0 atom stereocenters. The maximum atomic E-state index is 9.49. The molecule has 102 valence electrons. The second-order valence-electron chi connectivity index (χ2n) is 4.68. The summed E-state index contributed by atoms with van der Waals surface area (Å²) in [5, 5.41) is 14.0. The third kappa shape index (κ3) is 3.86. The molecule has 0 radical (unpaired) electrons. The normalized spacial score (nSPS) is 11.8. The summed E-state index contributed by atoms with van der Waals surface area (Å²) >= 11 is 12.1. The zero-order chi connectivity index (χ0) is 13.6. The van der Waals surface area contributed by atoms with E-state index in [1.54, 1.807) is 6.07 Å². The summed E-state index contributed by atoms with van der Waals surface area (Å²) in [5.74, 6) is 0. The molecule has 0 aliphatic carbocycles. The molecule has 0 unspecified atom stereocenters. The van der Waals surface area contributed by atoms with Crippen molar-refractivity contribution in [1.29, 1.82) is 0 Å². The zero-order valence-corrected chi connectivity index (χ0v) is 12.5. The summed E-state index contributed by atoms with van der Waals surface area (Å²) in [5.41, 5.74) is 0.952. The molecule has 0 saturated carbocycles. The van der Waals surface area contributed by atoms with E-state index in [4.69, 9.17) is 23.2 Å². The zero-order valence-electron chi connectivity index (χ0n) is 11.0. The van der Waals surface area contributed by atoms with Crippen LogP contribution in [0.15, 0.2) is 18.2 Å². The first-order valence-electron chi connectivity index (χ1n) is 6.33. The Morgan fingerprint density at radius 2 is 1.89 bits per heavy atom. The molecule has 0 spiro atoms. The molecular weight excluding hydrogens is 269 g/mol. The quantitative estimate of drug-likeness (QED) is 0.798. The Hall–Kier alpha value is -0.280. The van der Waals surface area contributed by atoms with Gasteiger partial charge in [0.15, 0.2) is 0 Å². The van der Waals surface area contributed by atoms with Crippen molar-refractivity contribution in [1.82, 2.24) is 5.32 Å². The summed E-state index contributed by atoms with van der Waals surface area (Å²) < 4.78 is 0. The van der Waals surface area contributed by atoms with Crippen molar-refractivity contribution in [2.75, 3.05) is 13.2 Å². The highest BCUT2D eigenvalue weighted by molar-refractivity contribution is 6.42. The molecule has 2 nitrogen and oxygen atoms in total. The van der Waals surface area contributed by atoms with Crippen LogP contribution in [0.1, 0.15) is 32.3 Å². The van der Waals surface area contributed by atoms with Gasteiger partial charge in [-0.1, -0.05) is 49.2 Å². The van der Waals surface area contributed by atoms with Gasteiger partial charge in [-0.15, -0.1) is 0 Å². The van der Waals surface area contributed by atoms with Crippen LogP contribution in [-0.4, -0.2) is 18.3 Å². The SMILES string of the molecule is CCC(CC)(CO)CNCc1cccc(Cl)c1Cl. The van der Waals surface area contributed by atoms with Crippen molar-refractivity contribution < 1.29 is 5.11 Å². The smallest absolute Gasteiger partial charge is 0.0637 e. The van der Waals surface area contributed by atoms with Crippen molar-refractivity contribution in [3.63, 3.8) is 0 Å². The van der Waals surface area contributed by atoms with Crippen molar-refractivity contribution in [2.45, 2.75) is 33.2 Å². The van der Waals surface area contributed by atoms with E-state index >= 15 is 0 Å². The molecule has 0 saturated heterocycles. The first-order valence-corrected chi connectivity index (χ1v) is 7.08. The average molecular weight is 290 g/mol. The number of nitrogens with one attached hydrogen (secondary N) is 1. The highest BCUT2D eigenvalue weighted by Crippen LogP contribution is 2.27. The third-order valence-electron chi connectivity index (χ3n) is 3.68. The number of rotatable bonds is 7. The van der Waals surface area contributed by atoms with E-state index in [2.05, 4.69) is 19.2 Å². The van der Waals surface area contributed by atoms with Gasteiger partial charge in [-0.2, -0.15) is 0 Å². The lowest BCUT2D eigenvalue weighted by Gasteiger charge is -2.29. The van der Waals surface area contributed by atoms with Gasteiger partial charge in [0.25, 0.3) is 0 Å². The van der Waals surface area contributed by atoms with Gasteiger partial charge < -0.3 is 10.4 Å². The van der Waals surface area contributed by atoms with Crippen LogP contribution in [0, 0.1) is 5.41 Å². The van der Waals surface area contributed by atoms with Crippen molar-refractivity contribution in [3.8, 4) is 0 Å². The predicted molar refractivity (Wildman–Crippen MR) is 78.3 cm³/mol. The van der Waals surface area contributed by atoms with E-state index in [0.29, 0.717) is 16.6 Å². The molecule has 1 aromatic rings. The molecule has 0 fully saturated rings. The van der Waals surface area contributed by atoms with Gasteiger partial charge in [-0.3, -0.25) is 0 Å². The van der Waals surface area contributed by atoms with E-state index in [1.807, 2.05) is 12.1 Å². The number of hydrogen-bond acceptors (Lipinski definition) is 2. The topological polar surface area (TPSA) is 32.3 Å². The summed E-state index contributed by atoms with van der Waals surface area (Å²) in [6.45, 7) is 5.86. The summed E-state index contributed by atoms with van der Waals surface area (Å²) in [7, 11) is 0. The Kier molecular flexibility index (Phi) is 6.44. The minimum absolute atomic E-state index is 0.0367. The van der Waals surface area contributed by atoms with E-state index in [1.165, 1.54) is 0 Å². The Morgan fingerprint density at radius 3 is 2.44 bits per heavy atom. The van der Waals surface area contributed by atoms with Crippen molar-refractivity contribution in [2.24, 2.45) is 5.41 Å². The molecule has 0 bridgehead atoms. The Balaban J connectivity index is 2.58. The van der Waals surface area contributed by atoms with Gasteiger partial charge in [-0.05, 0) is 24.5 Å². The fourth-order valence-electron chi connectivity index (χ4n) is 1.93. The molecule has 18 heavy (non-hydrogen) atoms. The highest BCUT2D eigenvalue weighted by Gasteiger charge is 2.24. The minimum Gasteiger partial charge on any atom is -0.396 e. The third-order valence-corrected chi connectivity index (χ3v) is 4.54. The lowest BCUT2D eigenvalue weighted by Crippen LogP contribution is -2.36. The molecule has 1 aromatic carbocycles. The molecule has 1 rings (SSSR count). The molecule has 0 aliphatic rings. The Labute approximate surface area is 119 Å². The monoisotopic (exact) mass is 289 g/mol. The number of hydrogen-bond donors (Lipinski definition) is 2. The Morgan fingerprint density at radius 1 is 1.22 bits per heavy atom. The summed E-state index contributed by atoms with van der Waals surface area (Å²) in [4.78, 5) is 0. The van der Waals surface area contributed by atoms with Crippen LogP contribution < -0.4 is 5.32 Å². The molecule has 0 aliphatic heterocycles. The second kappa shape index (κ2) is 7.34. The van der Waals surface area contributed by atoms with Crippen LogP contribution in [0.5, 0.6) is 0 Å². The largest absolute Gasteiger partial charge is 0.396 e. The highest BCUT2D eigenvalue weighted by atomic mass is 35.5. The average Bonchev–Trinajstić information content (AvgIpc) is 2.40. The maximum absolute atomic E-state index is 9.49. The van der Waals surface area contributed by atoms with Crippen LogP contribution >= 0.6 is 23.2 Å². The van der Waals surface area contributed by atoms with Crippen molar-refractivity contribution in [3.05, 3.63) is 33.8 Å². The fourth-order valence-corrected chi connectivity index (χ4v) is 2.31. The molecule has 0 heterocycles. The van der Waals surface area contributed by atoms with Gasteiger partial charge in [-0.25, -0.2) is 0 Å². The number of halogens is 2. The van der Waals surface area contributed by atoms with Gasteiger partial charge in [0.05, 0.1) is 10.0 Å². The van der Waals surface area contributed by atoms with E-state index in [0.717, 1.165) is 24.9 Å². The lowest BCUT2D eigenvalue weighted by atomic mass is 9.83. The summed E-state index contributed by atoms with van der Waals surface area (Å²) in [6.07, 6.45) is 1.91. The first kappa shape index (κ1) is 15.8. The van der Waals surface area contributed by atoms with Gasteiger partial charge >= 0.3 is 0 Å². The van der Waals surface area contributed by atoms with Crippen LogP contribution in [0.3, 0.4) is 0 Å². The standard InChI is InChI=1S/C14H21Cl2NO/c1-3-14(4-2,10-18)9-17-8-11-6-5-7-12(15)13(11)16/h5-7,17-18H,3-4,8-10H2,1-2H3. The number of aliphatic hydroxyl groups is 1. The fraction of sp³-hybridized carbons (Fsp3) is 0.571. The van der Waals surface area contributed by atoms with Crippen LogP contribution in [0.4, 0.5) is 0 Å². The number of benzene rings is 1. The van der Waals surface area contributed by atoms with Crippen LogP contribution in [0.2, 0.25) is 10.0 Å². The number of aliphatic hydroxyl groups excluding tert-OH is 1. The molecule has 2 N–H and O–H groups in total. The van der Waals surface area contributed by atoms with Crippen molar-refractivity contribution >= 4 is 23.2 Å².